The minimum absolute atomic E-state index is 0.0557. The van der Waals surface area contributed by atoms with Gasteiger partial charge < -0.3 is 5.32 Å². The van der Waals surface area contributed by atoms with Gasteiger partial charge in [0.1, 0.15) is 5.03 Å². The first-order chi connectivity index (χ1) is 10.6. The molecule has 2 heterocycles. The predicted octanol–water partition coefficient (Wildman–Crippen LogP) is 4.13. The number of nitrogens with zero attached hydrogens (tertiary/aromatic N) is 1. The van der Waals surface area contributed by atoms with Crippen LogP contribution in [0.5, 0.6) is 0 Å². The molecular weight excluding hydrogens is 325 g/mol. The van der Waals surface area contributed by atoms with Gasteiger partial charge in [-0.05, 0) is 50.5 Å². The van der Waals surface area contributed by atoms with Crippen LogP contribution in [0.15, 0.2) is 23.2 Å². The summed E-state index contributed by atoms with van der Waals surface area (Å²) in [4.78, 5) is 4.16. The van der Waals surface area contributed by atoms with Crippen LogP contribution >= 0.6 is 0 Å². The molecule has 2 aromatic rings. The van der Waals surface area contributed by atoms with Crippen molar-refractivity contribution in [3.63, 3.8) is 0 Å². The van der Waals surface area contributed by atoms with Gasteiger partial charge in [0.2, 0.25) is 0 Å². The van der Waals surface area contributed by atoms with Gasteiger partial charge >= 0.3 is 6.18 Å². The highest BCUT2D eigenvalue weighted by Gasteiger charge is 2.35. The topological polar surface area (TPSA) is 42.0 Å². The SMILES string of the molecule is CS(=O)c1cc(C(F)(F)F)c2cc3c(cc2n1)NC(C)(C)CC3. The molecule has 0 fully saturated rings. The Labute approximate surface area is 134 Å². The summed E-state index contributed by atoms with van der Waals surface area (Å²) in [5.74, 6) is 0. The first kappa shape index (κ1) is 16.2. The van der Waals surface area contributed by atoms with Crippen molar-refractivity contribution in [1.82, 2.24) is 4.98 Å². The Morgan fingerprint density at radius 1 is 1.26 bits per heavy atom. The molecule has 3 rings (SSSR count). The van der Waals surface area contributed by atoms with Crippen LogP contribution in [0.2, 0.25) is 0 Å². The zero-order valence-corrected chi connectivity index (χ0v) is 13.9. The van der Waals surface area contributed by atoms with E-state index >= 15 is 0 Å². The summed E-state index contributed by atoms with van der Waals surface area (Å²) < 4.78 is 51.7. The van der Waals surface area contributed by atoms with Gasteiger partial charge in [-0.1, -0.05) is 0 Å². The number of benzene rings is 1. The first-order valence-corrected chi connectivity index (χ1v) is 8.79. The average molecular weight is 342 g/mol. The molecule has 0 amide bonds. The zero-order valence-electron chi connectivity index (χ0n) is 13.0. The molecular formula is C16H17F3N2OS. The van der Waals surface area contributed by atoms with Crippen LogP contribution in [-0.2, 0) is 23.4 Å². The lowest BCUT2D eigenvalue weighted by Gasteiger charge is -2.34. The van der Waals surface area contributed by atoms with Gasteiger partial charge in [-0.25, -0.2) is 4.98 Å². The van der Waals surface area contributed by atoms with Gasteiger partial charge in [0, 0.05) is 22.9 Å². The highest BCUT2D eigenvalue weighted by molar-refractivity contribution is 7.84. The molecule has 0 bridgehead atoms. The largest absolute Gasteiger partial charge is 0.417 e. The van der Waals surface area contributed by atoms with Crippen LogP contribution in [0.1, 0.15) is 31.4 Å². The molecule has 0 saturated carbocycles. The van der Waals surface area contributed by atoms with E-state index in [1.807, 2.05) is 13.8 Å². The van der Waals surface area contributed by atoms with E-state index in [2.05, 4.69) is 10.3 Å². The van der Waals surface area contributed by atoms with Crippen LogP contribution < -0.4 is 5.32 Å². The normalized spacial score (nSPS) is 18.3. The van der Waals surface area contributed by atoms with Crippen molar-refractivity contribution in [1.29, 1.82) is 0 Å². The number of alkyl halides is 3. The maximum absolute atomic E-state index is 13.4. The fourth-order valence-corrected chi connectivity index (χ4v) is 3.38. The number of hydrogen-bond acceptors (Lipinski definition) is 3. The smallest absolute Gasteiger partial charge is 0.380 e. The lowest BCUT2D eigenvalue weighted by atomic mass is 9.88. The minimum Gasteiger partial charge on any atom is -0.380 e. The van der Waals surface area contributed by atoms with Crippen molar-refractivity contribution in [2.45, 2.75) is 43.4 Å². The van der Waals surface area contributed by atoms with Crippen molar-refractivity contribution in [2.24, 2.45) is 0 Å². The molecule has 0 saturated heterocycles. The second-order valence-electron chi connectivity index (χ2n) is 6.50. The number of rotatable bonds is 1. The minimum atomic E-state index is -4.51. The number of aryl methyl sites for hydroxylation is 1. The Hall–Kier alpha value is -1.63. The molecule has 23 heavy (non-hydrogen) atoms. The molecule has 1 aliphatic heterocycles. The van der Waals surface area contributed by atoms with Gasteiger partial charge in [-0.2, -0.15) is 13.2 Å². The highest BCUT2D eigenvalue weighted by atomic mass is 32.2. The fraction of sp³-hybridized carbons (Fsp3) is 0.438. The van der Waals surface area contributed by atoms with Gasteiger partial charge in [-0.15, -0.1) is 0 Å². The Balaban J connectivity index is 2.29. The number of fused-ring (bicyclic) bond motifs is 2. The van der Waals surface area contributed by atoms with E-state index in [1.54, 1.807) is 12.1 Å². The molecule has 0 spiro atoms. The number of nitrogens with one attached hydrogen (secondary N) is 1. The third-order valence-corrected chi connectivity index (χ3v) is 4.90. The number of hydrogen-bond donors (Lipinski definition) is 1. The second-order valence-corrected chi connectivity index (χ2v) is 7.82. The van der Waals surface area contributed by atoms with E-state index in [0.717, 1.165) is 23.7 Å². The lowest BCUT2D eigenvalue weighted by molar-refractivity contribution is -0.136. The van der Waals surface area contributed by atoms with Gasteiger partial charge in [0.25, 0.3) is 0 Å². The summed E-state index contributed by atoms with van der Waals surface area (Å²) >= 11 is 0. The van der Waals surface area contributed by atoms with Gasteiger partial charge in [0.15, 0.2) is 0 Å². The van der Waals surface area contributed by atoms with E-state index < -0.39 is 22.5 Å². The van der Waals surface area contributed by atoms with E-state index in [4.69, 9.17) is 0 Å². The van der Waals surface area contributed by atoms with Crippen LogP contribution in [0, 0.1) is 0 Å². The summed E-state index contributed by atoms with van der Waals surface area (Å²) in [6, 6.07) is 4.09. The average Bonchev–Trinajstić information content (AvgIpc) is 2.41. The molecule has 0 radical (unpaired) electrons. The molecule has 1 aromatic carbocycles. The zero-order chi connectivity index (χ0) is 17.0. The summed E-state index contributed by atoms with van der Waals surface area (Å²) in [6.07, 6.45) is -1.62. The number of aromatic nitrogens is 1. The summed E-state index contributed by atoms with van der Waals surface area (Å²) in [6.45, 7) is 4.10. The van der Waals surface area contributed by atoms with Gasteiger partial charge in [-0.3, -0.25) is 4.21 Å². The van der Waals surface area contributed by atoms with Crippen molar-refractivity contribution < 1.29 is 17.4 Å². The molecule has 1 aliphatic rings. The number of anilines is 1. The van der Waals surface area contributed by atoms with Crippen LogP contribution in [0.25, 0.3) is 10.9 Å². The third kappa shape index (κ3) is 3.06. The molecule has 1 N–H and O–H groups in total. The van der Waals surface area contributed by atoms with Crippen molar-refractivity contribution in [3.05, 3.63) is 29.3 Å². The Bertz CT molecular complexity index is 815. The highest BCUT2D eigenvalue weighted by Crippen LogP contribution is 2.39. The quantitative estimate of drug-likeness (QED) is 0.847. The third-order valence-electron chi connectivity index (χ3n) is 4.10. The monoisotopic (exact) mass is 342 g/mol. The molecule has 0 aliphatic carbocycles. The van der Waals surface area contributed by atoms with Crippen LogP contribution in [-0.4, -0.2) is 21.0 Å². The maximum atomic E-state index is 13.4. The predicted molar refractivity (Wildman–Crippen MR) is 85.1 cm³/mol. The van der Waals surface area contributed by atoms with Crippen molar-refractivity contribution >= 4 is 27.4 Å². The lowest BCUT2D eigenvalue weighted by Crippen LogP contribution is -2.35. The Morgan fingerprint density at radius 3 is 2.57 bits per heavy atom. The summed E-state index contributed by atoms with van der Waals surface area (Å²) in [5.41, 5.74) is 0.982. The summed E-state index contributed by atoms with van der Waals surface area (Å²) in [7, 11) is -1.58. The molecule has 1 aromatic heterocycles. The van der Waals surface area contributed by atoms with E-state index in [9.17, 15) is 17.4 Å². The molecule has 1 unspecified atom stereocenters. The maximum Gasteiger partial charge on any atom is 0.417 e. The van der Waals surface area contributed by atoms with E-state index in [-0.39, 0.29) is 21.5 Å². The molecule has 124 valence electrons. The fourth-order valence-electron chi connectivity index (χ4n) is 2.87. The van der Waals surface area contributed by atoms with Crippen LogP contribution in [0.4, 0.5) is 18.9 Å². The van der Waals surface area contributed by atoms with E-state index in [0.29, 0.717) is 6.42 Å². The Kier molecular flexibility index (Phi) is 3.66. The van der Waals surface area contributed by atoms with Crippen LogP contribution in [0.3, 0.4) is 0 Å². The molecule has 3 nitrogen and oxygen atoms in total. The van der Waals surface area contributed by atoms with Gasteiger partial charge in [0.05, 0.1) is 21.9 Å². The summed E-state index contributed by atoms with van der Waals surface area (Å²) in [5, 5.41) is 3.34. The van der Waals surface area contributed by atoms with Crippen molar-refractivity contribution in [2.75, 3.05) is 11.6 Å². The molecule has 7 heteroatoms. The molecule has 1 atom stereocenters. The van der Waals surface area contributed by atoms with Crippen molar-refractivity contribution in [3.8, 4) is 0 Å². The second kappa shape index (κ2) is 5.19. The standard InChI is InChI=1S/C16H17F3N2OS/c1-15(2)5-4-9-6-10-11(16(17,18)19)7-14(23(3)22)20-13(10)8-12(9)21-15/h6-8,21H,4-5H2,1-3H3. The van der Waals surface area contributed by atoms with E-state index in [1.165, 1.54) is 6.26 Å². The first-order valence-electron chi connectivity index (χ1n) is 7.23. The Morgan fingerprint density at radius 2 is 1.96 bits per heavy atom. The number of pyridine rings is 1. The number of halogens is 3.